The van der Waals surface area contributed by atoms with Crippen molar-refractivity contribution in [1.29, 1.82) is 0 Å². The van der Waals surface area contributed by atoms with Gasteiger partial charge in [-0.1, -0.05) is 11.6 Å². The van der Waals surface area contributed by atoms with Gasteiger partial charge in [-0.2, -0.15) is 0 Å². The van der Waals surface area contributed by atoms with Crippen LogP contribution in [0.2, 0.25) is 5.02 Å². The van der Waals surface area contributed by atoms with Crippen LogP contribution in [0.3, 0.4) is 0 Å². The van der Waals surface area contributed by atoms with Gasteiger partial charge in [0.25, 0.3) is 0 Å². The molecule has 2 rings (SSSR count). The summed E-state index contributed by atoms with van der Waals surface area (Å²) in [5, 5.41) is 3.87. The van der Waals surface area contributed by atoms with Crippen LogP contribution in [0.15, 0.2) is 18.2 Å². The first-order valence-corrected chi connectivity index (χ1v) is 6.48. The van der Waals surface area contributed by atoms with Crippen LogP contribution in [0.5, 0.6) is 5.75 Å². The van der Waals surface area contributed by atoms with Crippen LogP contribution < -0.4 is 10.1 Å². The smallest absolute Gasteiger partial charge is 0.123 e. The number of ether oxygens (including phenoxy) is 1. The molecule has 0 saturated carbocycles. The van der Waals surface area contributed by atoms with E-state index in [1.807, 2.05) is 0 Å². The van der Waals surface area contributed by atoms with E-state index in [2.05, 4.69) is 10.2 Å². The van der Waals surface area contributed by atoms with E-state index in [-0.39, 0.29) is 6.04 Å². The van der Waals surface area contributed by atoms with Crippen molar-refractivity contribution >= 4 is 11.6 Å². The second-order valence-corrected chi connectivity index (χ2v) is 4.78. The van der Waals surface area contributed by atoms with Crippen LogP contribution in [0.4, 0.5) is 4.39 Å². The average molecular weight is 273 g/mol. The molecule has 18 heavy (non-hydrogen) atoms. The molecule has 1 atom stereocenters. The quantitative estimate of drug-likeness (QED) is 0.910. The molecule has 1 aromatic carbocycles. The summed E-state index contributed by atoms with van der Waals surface area (Å²) in [5.74, 6) is 0.695. The van der Waals surface area contributed by atoms with Crippen LogP contribution >= 0.6 is 11.6 Å². The van der Waals surface area contributed by atoms with Gasteiger partial charge in [0.2, 0.25) is 0 Å². The fraction of sp³-hybridized carbons (Fsp3) is 0.538. The highest BCUT2D eigenvalue weighted by Crippen LogP contribution is 2.32. The van der Waals surface area contributed by atoms with Crippen molar-refractivity contribution in [1.82, 2.24) is 10.2 Å². The Hall–Kier alpha value is -0.840. The monoisotopic (exact) mass is 272 g/mol. The Morgan fingerprint density at radius 3 is 2.78 bits per heavy atom. The van der Waals surface area contributed by atoms with Gasteiger partial charge < -0.3 is 10.1 Å². The number of nitrogens with zero attached hydrogens (tertiary/aromatic N) is 1. The molecule has 0 spiro atoms. The standard InChI is InChI=1S/C13H18ClFN2O/c1-18-13-3-2-10(14)8-11(13)12(9-15)17-6-4-16-5-7-17/h2-3,8,12,16H,4-7,9H2,1H3/t12-/m0/s1. The summed E-state index contributed by atoms with van der Waals surface area (Å²) in [4.78, 5) is 2.13. The highest BCUT2D eigenvalue weighted by atomic mass is 35.5. The molecule has 1 aromatic rings. The summed E-state index contributed by atoms with van der Waals surface area (Å²) in [6.45, 7) is 3.02. The molecule has 0 bridgehead atoms. The van der Waals surface area contributed by atoms with E-state index < -0.39 is 6.67 Å². The van der Waals surface area contributed by atoms with Crippen molar-refractivity contribution in [3.05, 3.63) is 28.8 Å². The average Bonchev–Trinajstić information content (AvgIpc) is 2.41. The van der Waals surface area contributed by atoms with Crippen LogP contribution in [0.1, 0.15) is 11.6 Å². The first kappa shape index (κ1) is 13.6. The predicted molar refractivity (Wildman–Crippen MR) is 71.2 cm³/mol. The summed E-state index contributed by atoms with van der Waals surface area (Å²) in [5.41, 5.74) is 0.828. The summed E-state index contributed by atoms with van der Waals surface area (Å²) in [7, 11) is 1.60. The van der Waals surface area contributed by atoms with Gasteiger partial charge in [0.05, 0.1) is 13.2 Å². The molecule has 0 radical (unpaired) electrons. The molecule has 1 N–H and O–H groups in total. The largest absolute Gasteiger partial charge is 0.496 e. The molecule has 0 unspecified atom stereocenters. The minimum Gasteiger partial charge on any atom is -0.496 e. The van der Waals surface area contributed by atoms with E-state index in [9.17, 15) is 4.39 Å². The summed E-state index contributed by atoms with van der Waals surface area (Å²) < 4.78 is 18.7. The maximum absolute atomic E-state index is 13.4. The molecule has 1 heterocycles. The van der Waals surface area contributed by atoms with Crippen LogP contribution in [-0.4, -0.2) is 44.9 Å². The molecule has 1 saturated heterocycles. The lowest BCUT2D eigenvalue weighted by atomic mass is 10.0. The molecule has 0 amide bonds. The number of rotatable bonds is 4. The third-order valence-corrected chi connectivity index (χ3v) is 3.52. The first-order chi connectivity index (χ1) is 8.76. The van der Waals surface area contributed by atoms with Crippen LogP contribution in [0.25, 0.3) is 0 Å². The van der Waals surface area contributed by atoms with Gasteiger partial charge in [-0.25, -0.2) is 4.39 Å². The van der Waals surface area contributed by atoms with Gasteiger partial charge in [-0.15, -0.1) is 0 Å². The zero-order chi connectivity index (χ0) is 13.0. The molecule has 1 fully saturated rings. The number of piperazine rings is 1. The SMILES string of the molecule is COc1ccc(Cl)cc1[C@H](CF)N1CCNCC1. The first-order valence-electron chi connectivity index (χ1n) is 6.10. The van der Waals surface area contributed by atoms with Crippen molar-refractivity contribution < 1.29 is 9.13 Å². The Balaban J connectivity index is 2.27. The highest BCUT2D eigenvalue weighted by molar-refractivity contribution is 6.30. The van der Waals surface area contributed by atoms with Crippen molar-refractivity contribution in [2.45, 2.75) is 6.04 Å². The Kier molecular flexibility index (Phi) is 4.80. The minimum atomic E-state index is -0.434. The summed E-state index contributed by atoms with van der Waals surface area (Å²) in [6.07, 6.45) is 0. The lowest BCUT2D eigenvalue weighted by Crippen LogP contribution is -2.45. The summed E-state index contributed by atoms with van der Waals surface area (Å²) >= 11 is 6.00. The topological polar surface area (TPSA) is 24.5 Å². The molecule has 1 aliphatic heterocycles. The molecular formula is C13H18ClFN2O. The number of halogens is 2. The Morgan fingerprint density at radius 1 is 1.44 bits per heavy atom. The second kappa shape index (κ2) is 6.36. The van der Waals surface area contributed by atoms with E-state index in [0.717, 1.165) is 31.7 Å². The van der Waals surface area contributed by atoms with E-state index in [1.54, 1.807) is 25.3 Å². The van der Waals surface area contributed by atoms with Gasteiger partial charge in [0, 0.05) is 36.8 Å². The highest BCUT2D eigenvalue weighted by Gasteiger charge is 2.24. The van der Waals surface area contributed by atoms with E-state index in [0.29, 0.717) is 10.8 Å². The number of alkyl halides is 1. The summed E-state index contributed by atoms with van der Waals surface area (Å²) in [6, 6.07) is 5.08. The Bertz CT molecular complexity index is 397. The predicted octanol–water partition coefficient (Wildman–Crippen LogP) is 2.26. The van der Waals surface area contributed by atoms with Crippen molar-refractivity contribution in [2.75, 3.05) is 40.0 Å². The third kappa shape index (κ3) is 2.94. The van der Waals surface area contributed by atoms with Gasteiger partial charge in [-0.3, -0.25) is 4.90 Å². The van der Waals surface area contributed by atoms with Gasteiger partial charge in [0.1, 0.15) is 12.4 Å². The van der Waals surface area contributed by atoms with Gasteiger partial charge >= 0.3 is 0 Å². The number of methoxy groups -OCH3 is 1. The Labute approximate surface area is 112 Å². The van der Waals surface area contributed by atoms with Crippen LogP contribution in [-0.2, 0) is 0 Å². The Morgan fingerprint density at radius 2 is 2.17 bits per heavy atom. The molecular weight excluding hydrogens is 255 g/mol. The number of nitrogens with one attached hydrogen (secondary N) is 1. The van der Waals surface area contributed by atoms with E-state index >= 15 is 0 Å². The fourth-order valence-corrected chi connectivity index (χ4v) is 2.52. The molecule has 0 aromatic heterocycles. The maximum Gasteiger partial charge on any atom is 0.123 e. The van der Waals surface area contributed by atoms with Crippen LogP contribution in [0, 0.1) is 0 Å². The fourth-order valence-electron chi connectivity index (χ4n) is 2.34. The van der Waals surface area contributed by atoms with Gasteiger partial charge in [0.15, 0.2) is 0 Å². The third-order valence-electron chi connectivity index (χ3n) is 3.29. The van der Waals surface area contributed by atoms with E-state index in [4.69, 9.17) is 16.3 Å². The lowest BCUT2D eigenvalue weighted by molar-refractivity contribution is 0.145. The minimum absolute atomic E-state index is 0.277. The number of hydrogen-bond acceptors (Lipinski definition) is 3. The normalized spacial score (nSPS) is 18.6. The zero-order valence-corrected chi connectivity index (χ0v) is 11.2. The molecule has 0 aliphatic carbocycles. The second-order valence-electron chi connectivity index (χ2n) is 4.34. The molecule has 5 heteroatoms. The molecule has 100 valence electrons. The molecule has 1 aliphatic rings. The van der Waals surface area contributed by atoms with Gasteiger partial charge in [-0.05, 0) is 18.2 Å². The number of benzene rings is 1. The van der Waals surface area contributed by atoms with Crippen molar-refractivity contribution in [3.8, 4) is 5.75 Å². The molecule has 3 nitrogen and oxygen atoms in total. The van der Waals surface area contributed by atoms with E-state index in [1.165, 1.54) is 0 Å². The zero-order valence-electron chi connectivity index (χ0n) is 10.5. The number of hydrogen-bond donors (Lipinski definition) is 1. The maximum atomic E-state index is 13.4. The van der Waals surface area contributed by atoms with Crippen molar-refractivity contribution in [3.63, 3.8) is 0 Å². The lowest BCUT2D eigenvalue weighted by Gasteiger charge is -2.34. The van der Waals surface area contributed by atoms with Crippen molar-refractivity contribution in [2.24, 2.45) is 0 Å².